The molecule has 0 aliphatic heterocycles. The van der Waals surface area contributed by atoms with Gasteiger partial charge in [0.2, 0.25) is 14.7 Å². The van der Waals surface area contributed by atoms with E-state index in [1.165, 1.54) is 0 Å². The van der Waals surface area contributed by atoms with Crippen molar-refractivity contribution < 1.29 is 18.9 Å². The zero-order valence-electron chi connectivity index (χ0n) is 13.8. The van der Waals surface area contributed by atoms with Crippen molar-refractivity contribution >= 4 is 25.3 Å². The molecular formula is C17H24N2O4P2. The fourth-order valence-electron chi connectivity index (χ4n) is 2.55. The molecule has 136 valence electrons. The van der Waals surface area contributed by atoms with E-state index in [1.54, 1.807) is 60.7 Å². The Morgan fingerprint density at radius 1 is 0.720 bits per heavy atom. The lowest BCUT2D eigenvalue weighted by atomic mass is 10.2. The lowest BCUT2D eigenvalue weighted by Gasteiger charge is -2.22. The van der Waals surface area contributed by atoms with E-state index >= 15 is 0 Å². The summed E-state index contributed by atoms with van der Waals surface area (Å²) in [6, 6.07) is 16.5. The maximum absolute atomic E-state index is 12.5. The number of rotatable bonds is 8. The molecule has 6 N–H and O–H groups in total. The molecule has 0 saturated heterocycles. The Balaban J connectivity index is 1.94. The van der Waals surface area contributed by atoms with Crippen LogP contribution in [0.1, 0.15) is 19.3 Å². The summed E-state index contributed by atoms with van der Waals surface area (Å²) in [5.74, 6) is -1.87. The van der Waals surface area contributed by atoms with E-state index in [4.69, 9.17) is 11.5 Å². The zero-order valence-corrected chi connectivity index (χ0v) is 15.6. The predicted molar refractivity (Wildman–Crippen MR) is 102 cm³/mol. The van der Waals surface area contributed by atoms with Crippen molar-refractivity contribution in [1.82, 2.24) is 0 Å². The first-order chi connectivity index (χ1) is 11.8. The van der Waals surface area contributed by atoms with E-state index in [-0.39, 0.29) is 12.8 Å². The Morgan fingerprint density at radius 3 is 1.36 bits per heavy atom. The summed E-state index contributed by atoms with van der Waals surface area (Å²) >= 11 is 0. The van der Waals surface area contributed by atoms with Gasteiger partial charge in [-0.15, -0.1) is 0 Å². The van der Waals surface area contributed by atoms with Gasteiger partial charge in [-0.05, 0) is 43.5 Å². The van der Waals surface area contributed by atoms with Gasteiger partial charge >= 0.3 is 0 Å². The molecule has 0 heterocycles. The third-order valence-electron chi connectivity index (χ3n) is 4.15. The summed E-state index contributed by atoms with van der Waals surface area (Å²) < 4.78 is 25.0. The minimum absolute atomic E-state index is 0.241. The van der Waals surface area contributed by atoms with Crippen LogP contribution in [0.25, 0.3) is 0 Å². The number of benzene rings is 2. The fraction of sp³-hybridized carbons (Fsp3) is 0.294. The molecule has 25 heavy (non-hydrogen) atoms. The second-order valence-corrected chi connectivity index (χ2v) is 10.8. The highest BCUT2D eigenvalue weighted by Crippen LogP contribution is 2.46. The number of nitrogens with two attached hydrogens (primary N) is 2. The normalized spacial score (nSPS) is 18.7. The van der Waals surface area contributed by atoms with Gasteiger partial charge in [0, 0.05) is 10.6 Å². The van der Waals surface area contributed by atoms with Crippen molar-refractivity contribution in [3.05, 3.63) is 60.7 Å². The summed E-state index contributed by atoms with van der Waals surface area (Å²) in [7, 11) is -7.38. The van der Waals surface area contributed by atoms with E-state index < -0.39 is 26.3 Å². The largest absolute Gasteiger partial charge is 0.340 e. The Bertz CT molecular complexity index is 705. The highest BCUT2D eigenvalue weighted by Gasteiger charge is 2.32. The second-order valence-electron chi connectivity index (χ2n) is 5.98. The Labute approximate surface area is 147 Å². The lowest BCUT2D eigenvalue weighted by molar-refractivity contribution is 0.457. The fourth-order valence-corrected chi connectivity index (χ4v) is 5.58. The van der Waals surface area contributed by atoms with Gasteiger partial charge in [0.1, 0.15) is 0 Å². The monoisotopic (exact) mass is 382 g/mol. The molecule has 0 aliphatic rings. The predicted octanol–water partition coefficient (Wildman–Crippen LogP) is 1.92. The van der Waals surface area contributed by atoms with E-state index in [1.807, 2.05) is 0 Å². The molecule has 4 atom stereocenters. The van der Waals surface area contributed by atoms with Gasteiger partial charge in [0.05, 0.1) is 11.6 Å². The summed E-state index contributed by atoms with van der Waals surface area (Å²) in [6.07, 6.45) is 0.868. The van der Waals surface area contributed by atoms with Crippen molar-refractivity contribution in [3.63, 3.8) is 0 Å². The Kier molecular flexibility index (Phi) is 6.75. The minimum atomic E-state index is -3.69. The molecule has 2 rings (SSSR count). The van der Waals surface area contributed by atoms with Crippen LogP contribution >= 0.6 is 14.7 Å². The molecule has 0 aromatic heterocycles. The first-order valence-electron chi connectivity index (χ1n) is 8.03. The molecule has 0 spiro atoms. The average molecular weight is 382 g/mol. The minimum Gasteiger partial charge on any atom is -0.340 e. The van der Waals surface area contributed by atoms with Crippen LogP contribution in [0.5, 0.6) is 0 Å². The molecule has 2 aromatic carbocycles. The summed E-state index contributed by atoms with van der Waals surface area (Å²) in [4.78, 5) is 20.5. The van der Waals surface area contributed by atoms with Gasteiger partial charge in [-0.3, -0.25) is 9.13 Å². The number of hydrogen-bond acceptors (Lipinski definition) is 4. The van der Waals surface area contributed by atoms with Crippen LogP contribution in [0.15, 0.2) is 60.7 Å². The van der Waals surface area contributed by atoms with Crippen molar-refractivity contribution in [1.29, 1.82) is 0 Å². The molecule has 0 amide bonds. The third kappa shape index (κ3) is 4.89. The van der Waals surface area contributed by atoms with Gasteiger partial charge < -0.3 is 21.3 Å². The molecule has 2 aromatic rings. The first-order valence-corrected chi connectivity index (χ1v) is 11.5. The van der Waals surface area contributed by atoms with Crippen LogP contribution < -0.4 is 22.1 Å². The molecule has 8 heteroatoms. The van der Waals surface area contributed by atoms with E-state index in [0.29, 0.717) is 17.0 Å². The van der Waals surface area contributed by atoms with Crippen LogP contribution in [0.3, 0.4) is 0 Å². The standard InChI is InChI=1S/C17H24N2O4P2/c18-16(24(20,21)14-8-3-1-4-9-14)12-7-13-17(19)25(22,23)15-10-5-2-6-11-15/h1-6,8-11,16-17H,7,12-13,18-19H2,(H,20,21)(H,22,23)/t16-,17+. The lowest BCUT2D eigenvalue weighted by Crippen LogP contribution is -2.28. The van der Waals surface area contributed by atoms with Gasteiger partial charge in [0.15, 0.2) is 0 Å². The second kappa shape index (κ2) is 8.41. The van der Waals surface area contributed by atoms with Gasteiger partial charge in [-0.25, -0.2) is 0 Å². The molecule has 0 radical (unpaired) electrons. The maximum atomic E-state index is 12.5. The maximum Gasteiger partial charge on any atom is 0.245 e. The molecule has 0 bridgehead atoms. The summed E-state index contributed by atoms with van der Waals surface area (Å²) in [5.41, 5.74) is 11.8. The topological polar surface area (TPSA) is 127 Å². The van der Waals surface area contributed by atoms with Gasteiger partial charge in [-0.2, -0.15) is 0 Å². The molecule has 6 nitrogen and oxygen atoms in total. The summed E-state index contributed by atoms with van der Waals surface area (Å²) in [5, 5.41) is 0.618. The highest BCUT2D eigenvalue weighted by atomic mass is 31.2. The molecule has 0 saturated carbocycles. The quantitative estimate of drug-likeness (QED) is 0.517. The van der Waals surface area contributed by atoms with Crippen molar-refractivity contribution in [2.75, 3.05) is 0 Å². The van der Waals surface area contributed by atoms with Gasteiger partial charge in [0.25, 0.3) is 0 Å². The zero-order chi connectivity index (χ0) is 18.5. The smallest absolute Gasteiger partial charge is 0.245 e. The van der Waals surface area contributed by atoms with Crippen LogP contribution in [0.2, 0.25) is 0 Å². The molecule has 0 aliphatic carbocycles. The van der Waals surface area contributed by atoms with E-state index in [9.17, 15) is 18.9 Å². The highest BCUT2D eigenvalue weighted by molar-refractivity contribution is 7.67. The van der Waals surface area contributed by atoms with Crippen LogP contribution in [0, 0.1) is 0 Å². The van der Waals surface area contributed by atoms with Crippen LogP contribution in [0.4, 0.5) is 0 Å². The molecule has 2 unspecified atom stereocenters. The average Bonchev–Trinajstić information content (AvgIpc) is 2.62. The molecular weight excluding hydrogens is 358 g/mol. The third-order valence-corrected chi connectivity index (χ3v) is 8.54. The van der Waals surface area contributed by atoms with Crippen LogP contribution in [-0.4, -0.2) is 21.4 Å². The Morgan fingerprint density at radius 2 is 1.04 bits per heavy atom. The SMILES string of the molecule is N[C@H](CCC[C@H](N)P(=O)(O)c1ccccc1)P(=O)(O)c1ccccc1. The van der Waals surface area contributed by atoms with Crippen molar-refractivity contribution in [2.45, 2.75) is 30.8 Å². The van der Waals surface area contributed by atoms with Gasteiger partial charge in [-0.1, -0.05) is 36.4 Å². The van der Waals surface area contributed by atoms with Crippen LogP contribution in [-0.2, 0) is 9.13 Å². The van der Waals surface area contributed by atoms with Crippen molar-refractivity contribution in [2.24, 2.45) is 11.5 Å². The molecule has 0 fully saturated rings. The Hall–Kier alpha value is -1.26. The van der Waals surface area contributed by atoms with E-state index in [2.05, 4.69) is 0 Å². The summed E-state index contributed by atoms with van der Waals surface area (Å²) in [6.45, 7) is 0. The number of hydrogen-bond donors (Lipinski definition) is 4. The van der Waals surface area contributed by atoms with E-state index in [0.717, 1.165) is 0 Å². The first kappa shape index (κ1) is 20.1. The van der Waals surface area contributed by atoms with Crippen molar-refractivity contribution in [3.8, 4) is 0 Å².